The predicted octanol–water partition coefficient (Wildman–Crippen LogP) is 3.60. The van der Waals surface area contributed by atoms with Gasteiger partial charge in [0.2, 0.25) is 5.91 Å². The van der Waals surface area contributed by atoms with Gasteiger partial charge in [0.15, 0.2) is 0 Å². The van der Waals surface area contributed by atoms with Gasteiger partial charge in [-0.15, -0.1) is 23.2 Å². The fourth-order valence-corrected chi connectivity index (χ4v) is 3.13. The van der Waals surface area contributed by atoms with Crippen LogP contribution in [-0.2, 0) is 4.79 Å². The maximum atomic E-state index is 12.0. The number of nitrogens with one attached hydrogen (secondary N) is 1. The van der Waals surface area contributed by atoms with Gasteiger partial charge in [-0.3, -0.25) is 4.79 Å². The number of carbonyl (C=O) groups excluding carboxylic acids is 1. The molecule has 3 nitrogen and oxygen atoms in total. The van der Waals surface area contributed by atoms with E-state index in [1.807, 2.05) is 25.1 Å². The van der Waals surface area contributed by atoms with Gasteiger partial charge in [0, 0.05) is 25.3 Å². The lowest BCUT2D eigenvalue weighted by Gasteiger charge is -2.23. The highest BCUT2D eigenvalue weighted by molar-refractivity contribution is 6.53. The summed E-state index contributed by atoms with van der Waals surface area (Å²) in [6.45, 7) is 6.44. The summed E-state index contributed by atoms with van der Waals surface area (Å²) in [7, 11) is 0. The van der Waals surface area contributed by atoms with E-state index in [4.69, 9.17) is 23.2 Å². The zero-order chi connectivity index (χ0) is 15.5. The second-order valence-electron chi connectivity index (χ2n) is 5.74. The summed E-state index contributed by atoms with van der Waals surface area (Å²) in [5, 5.41) is 2.94. The average Bonchev–Trinajstić information content (AvgIpc) is 3.00. The molecule has 1 aliphatic carbocycles. The van der Waals surface area contributed by atoms with Crippen molar-refractivity contribution in [2.45, 2.75) is 31.0 Å². The molecule has 116 valence electrons. The van der Waals surface area contributed by atoms with Gasteiger partial charge in [0.1, 0.15) is 4.33 Å². The van der Waals surface area contributed by atoms with E-state index in [1.54, 1.807) is 0 Å². The van der Waals surface area contributed by atoms with Crippen LogP contribution >= 0.6 is 23.2 Å². The summed E-state index contributed by atoms with van der Waals surface area (Å²) in [6, 6.07) is 10.3. The van der Waals surface area contributed by atoms with Gasteiger partial charge in [-0.05, 0) is 38.8 Å². The summed E-state index contributed by atoms with van der Waals surface area (Å²) in [5.41, 5.74) is 0.584. The molecule has 1 N–H and O–H groups in total. The van der Waals surface area contributed by atoms with E-state index < -0.39 is 9.75 Å². The van der Waals surface area contributed by atoms with E-state index in [1.165, 1.54) is 5.69 Å². The van der Waals surface area contributed by atoms with Gasteiger partial charge in [0.05, 0.1) is 5.41 Å². The Labute approximate surface area is 136 Å². The lowest BCUT2D eigenvalue weighted by molar-refractivity contribution is -0.125. The fourth-order valence-electron chi connectivity index (χ4n) is 2.42. The first kappa shape index (κ1) is 16.4. The standard InChI is InChI=1S/C16H22Cl2N2O/c1-3-20(13-8-5-4-6-9-13)11-7-10-19-14(21)15(2)12-16(15,17)18/h4-6,8-9H,3,7,10-12H2,1-2H3,(H,19,21). The molecule has 0 heterocycles. The largest absolute Gasteiger partial charge is 0.372 e. The first-order valence-electron chi connectivity index (χ1n) is 7.37. The fraction of sp³-hybridized carbons (Fsp3) is 0.562. The number of anilines is 1. The molecule has 0 bridgehead atoms. The van der Waals surface area contributed by atoms with Crippen molar-refractivity contribution >= 4 is 34.8 Å². The number of benzene rings is 1. The quantitative estimate of drug-likeness (QED) is 0.612. The van der Waals surface area contributed by atoms with Crippen LogP contribution in [0.2, 0.25) is 0 Å². The number of amides is 1. The average molecular weight is 329 g/mol. The number of hydrogen-bond donors (Lipinski definition) is 1. The Bertz CT molecular complexity index is 492. The Morgan fingerprint density at radius 1 is 1.33 bits per heavy atom. The minimum atomic E-state index is -0.892. The monoisotopic (exact) mass is 328 g/mol. The zero-order valence-corrected chi connectivity index (χ0v) is 14.0. The van der Waals surface area contributed by atoms with Gasteiger partial charge in [-0.1, -0.05) is 18.2 Å². The zero-order valence-electron chi connectivity index (χ0n) is 12.5. The number of para-hydroxylation sites is 1. The molecule has 0 spiro atoms. The summed E-state index contributed by atoms with van der Waals surface area (Å²) >= 11 is 12.0. The van der Waals surface area contributed by atoms with Crippen LogP contribution in [0.15, 0.2) is 30.3 Å². The van der Waals surface area contributed by atoms with Gasteiger partial charge in [-0.2, -0.15) is 0 Å². The van der Waals surface area contributed by atoms with Crippen molar-refractivity contribution in [3.05, 3.63) is 30.3 Å². The predicted molar refractivity (Wildman–Crippen MR) is 89.1 cm³/mol. The first-order valence-corrected chi connectivity index (χ1v) is 8.12. The van der Waals surface area contributed by atoms with Crippen molar-refractivity contribution in [1.82, 2.24) is 5.32 Å². The van der Waals surface area contributed by atoms with Crippen molar-refractivity contribution in [2.24, 2.45) is 5.41 Å². The molecular weight excluding hydrogens is 307 g/mol. The third kappa shape index (κ3) is 3.64. The minimum absolute atomic E-state index is 0.0461. The van der Waals surface area contributed by atoms with Crippen LogP contribution in [0.4, 0.5) is 5.69 Å². The lowest BCUT2D eigenvalue weighted by atomic mass is 10.1. The summed E-state index contributed by atoms with van der Waals surface area (Å²) in [4.78, 5) is 14.3. The second kappa shape index (κ2) is 6.45. The molecule has 1 fully saturated rings. The molecule has 1 aromatic rings. The van der Waals surface area contributed by atoms with Gasteiger partial charge in [0.25, 0.3) is 0 Å². The molecule has 1 unspecified atom stereocenters. The van der Waals surface area contributed by atoms with Crippen LogP contribution in [0.5, 0.6) is 0 Å². The van der Waals surface area contributed by atoms with Crippen molar-refractivity contribution < 1.29 is 4.79 Å². The topological polar surface area (TPSA) is 32.3 Å². The molecule has 2 rings (SSSR count). The van der Waals surface area contributed by atoms with Crippen LogP contribution in [0.25, 0.3) is 0 Å². The number of rotatable bonds is 7. The molecule has 1 aliphatic rings. The second-order valence-corrected chi connectivity index (χ2v) is 7.22. The van der Waals surface area contributed by atoms with Crippen molar-refractivity contribution in [3.8, 4) is 0 Å². The summed E-state index contributed by atoms with van der Waals surface area (Å²) < 4.78 is -0.892. The Morgan fingerprint density at radius 2 is 1.95 bits per heavy atom. The van der Waals surface area contributed by atoms with E-state index in [0.29, 0.717) is 13.0 Å². The molecule has 0 aliphatic heterocycles. The minimum Gasteiger partial charge on any atom is -0.372 e. The van der Waals surface area contributed by atoms with Crippen molar-refractivity contribution in [3.63, 3.8) is 0 Å². The van der Waals surface area contributed by atoms with Gasteiger partial charge in [-0.25, -0.2) is 0 Å². The van der Waals surface area contributed by atoms with Crippen molar-refractivity contribution in [2.75, 3.05) is 24.5 Å². The molecular formula is C16H22Cl2N2O. The highest BCUT2D eigenvalue weighted by Gasteiger charge is 2.67. The van der Waals surface area contributed by atoms with E-state index in [2.05, 4.69) is 29.3 Å². The number of halogens is 2. The van der Waals surface area contributed by atoms with Crippen molar-refractivity contribution in [1.29, 1.82) is 0 Å². The number of nitrogens with zero attached hydrogens (tertiary/aromatic N) is 1. The molecule has 1 saturated carbocycles. The molecule has 1 atom stereocenters. The normalized spacial score (nSPS) is 22.7. The summed E-state index contributed by atoms with van der Waals surface area (Å²) in [5.74, 6) is -0.0461. The Kier molecular flexibility index (Phi) is 5.05. The van der Waals surface area contributed by atoms with E-state index in [0.717, 1.165) is 19.5 Å². The number of hydrogen-bond acceptors (Lipinski definition) is 2. The van der Waals surface area contributed by atoms with Crippen LogP contribution in [0, 0.1) is 5.41 Å². The van der Waals surface area contributed by atoms with Crippen LogP contribution < -0.4 is 10.2 Å². The Balaban J connectivity index is 1.73. The smallest absolute Gasteiger partial charge is 0.229 e. The summed E-state index contributed by atoms with van der Waals surface area (Å²) in [6.07, 6.45) is 1.42. The third-order valence-corrected chi connectivity index (χ3v) is 5.25. The Morgan fingerprint density at radius 3 is 2.48 bits per heavy atom. The van der Waals surface area contributed by atoms with Gasteiger partial charge < -0.3 is 10.2 Å². The third-order valence-electron chi connectivity index (χ3n) is 4.15. The maximum Gasteiger partial charge on any atom is 0.229 e. The number of carbonyl (C=O) groups is 1. The highest BCUT2D eigenvalue weighted by Crippen LogP contribution is 2.63. The van der Waals surface area contributed by atoms with Crippen LogP contribution in [0.3, 0.4) is 0 Å². The van der Waals surface area contributed by atoms with E-state index in [9.17, 15) is 4.79 Å². The molecule has 0 aromatic heterocycles. The maximum absolute atomic E-state index is 12.0. The van der Waals surface area contributed by atoms with Crippen LogP contribution in [-0.4, -0.2) is 29.9 Å². The molecule has 1 amide bonds. The highest BCUT2D eigenvalue weighted by atomic mass is 35.5. The molecule has 5 heteroatoms. The number of alkyl halides is 2. The SMILES string of the molecule is CCN(CCCNC(=O)C1(C)CC1(Cl)Cl)c1ccccc1. The molecule has 1 aromatic carbocycles. The van der Waals surface area contributed by atoms with Gasteiger partial charge >= 0.3 is 0 Å². The Hall–Kier alpha value is -0.930. The van der Waals surface area contributed by atoms with E-state index in [-0.39, 0.29) is 5.91 Å². The lowest BCUT2D eigenvalue weighted by Crippen LogP contribution is -2.35. The first-order chi connectivity index (χ1) is 9.90. The molecule has 0 saturated heterocycles. The van der Waals surface area contributed by atoms with E-state index >= 15 is 0 Å². The molecule has 21 heavy (non-hydrogen) atoms. The molecule has 0 radical (unpaired) electrons. The van der Waals surface area contributed by atoms with Crippen LogP contribution in [0.1, 0.15) is 26.7 Å².